The molecule has 5 nitrogen and oxygen atoms in total. The van der Waals surface area contributed by atoms with Gasteiger partial charge in [0, 0.05) is 6.54 Å². The zero-order valence-electron chi connectivity index (χ0n) is 13.8. The van der Waals surface area contributed by atoms with Crippen molar-refractivity contribution in [2.24, 2.45) is 0 Å². The minimum absolute atomic E-state index is 0.242. The first-order valence-corrected chi connectivity index (χ1v) is 7.85. The third kappa shape index (κ3) is 5.12. The predicted molar refractivity (Wildman–Crippen MR) is 91.6 cm³/mol. The maximum atomic E-state index is 11.7. The van der Waals surface area contributed by atoms with Gasteiger partial charge in [0.25, 0.3) is 5.91 Å². The molecular weight excluding hydrogens is 306 g/mol. The summed E-state index contributed by atoms with van der Waals surface area (Å²) in [6.45, 7) is 3.58. The summed E-state index contributed by atoms with van der Waals surface area (Å²) in [5.41, 5.74) is 2.18. The molecule has 0 aliphatic heterocycles. The SMILES string of the molecule is CCNC(=O)[C@H](C)OC(=O)COc1ccc(-c2ccccc2)cc1. The monoisotopic (exact) mass is 327 g/mol. The third-order valence-electron chi connectivity index (χ3n) is 3.35. The number of hydrogen-bond donors (Lipinski definition) is 1. The maximum Gasteiger partial charge on any atom is 0.344 e. The van der Waals surface area contributed by atoms with Gasteiger partial charge in [-0.3, -0.25) is 4.79 Å². The van der Waals surface area contributed by atoms with Crippen LogP contribution in [0.4, 0.5) is 0 Å². The summed E-state index contributed by atoms with van der Waals surface area (Å²) in [4.78, 5) is 23.2. The Kier molecular flexibility index (Phi) is 6.37. The molecule has 0 bridgehead atoms. The van der Waals surface area contributed by atoms with Crippen molar-refractivity contribution < 1.29 is 19.1 Å². The van der Waals surface area contributed by atoms with Gasteiger partial charge in [-0.2, -0.15) is 0 Å². The molecule has 1 amide bonds. The molecule has 0 aliphatic rings. The fourth-order valence-electron chi connectivity index (χ4n) is 2.12. The third-order valence-corrected chi connectivity index (χ3v) is 3.35. The molecule has 2 aromatic carbocycles. The van der Waals surface area contributed by atoms with E-state index in [0.717, 1.165) is 11.1 Å². The molecule has 0 heterocycles. The Morgan fingerprint density at radius 1 is 1.00 bits per heavy atom. The summed E-state index contributed by atoms with van der Waals surface area (Å²) in [6.07, 6.45) is -0.832. The molecule has 0 saturated heterocycles. The first-order valence-electron chi connectivity index (χ1n) is 7.85. The average Bonchev–Trinajstić information content (AvgIpc) is 2.61. The molecule has 0 radical (unpaired) electrons. The molecule has 0 aliphatic carbocycles. The molecule has 0 saturated carbocycles. The van der Waals surface area contributed by atoms with Gasteiger partial charge in [0.15, 0.2) is 12.7 Å². The fraction of sp³-hybridized carbons (Fsp3) is 0.263. The van der Waals surface area contributed by atoms with Crippen LogP contribution in [0.1, 0.15) is 13.8 Å². The quantitative estimate of drug-likeness (QED) is 0.794. The highest BCUT2D eigenvalue weighted by Crippen LogP contribution is 2.21. The zero-order chi connectivity index (χ0) is 17.4. The summed E-state index contributed by atoms with van der Waals surface area (Å²) >= 11 is 0. The first-order chi connectivity index (χ1) is 11.6. The van der Waals surface area contributed by atoms with Crippen LogP contribution in [0.5, 0.6) is 5.75 Å². The van der Waals surface area contributed by atoms with Gasteiger partial charge >= 0.3 is 5.97 Å². The van der Waals surface area contributed by atoms with E-state index in [9.17, 15) is 9.59 Å². The molecule has 0 fully saturated rings. The first kappa shape index (κ1) is 17.5. The minimum Gasteiger partial charge on any atom is -0.482 e. The Morgan fingerprint density at radius 2 is 1.62 bits per heavy atom. The second-order valence-electron chi connectivity index (χ2n) is 5.21. The molecule has 126 valence electrons. The number of likely N-dealkylation sites (N-methyl/N-ethyl adjacent to an activating group) is 1. The summed E-state index contributed by atoms with van der Waals surface area (Å²) in [7, 11) is 0. The molecule has 2 rings (SSSR count). The van der Waals surface area contributed by atoms with E-state index in [1.807, 2.05) is 42.5 Å². The van der Waals surface area contributed by atoms with E-state index in [4.69, 9.17) is 9.47 Å². The largest absolute Gasteiger partial charge is 0.482 e. The molecule has 0 aromatic heterocycles. The number of carbonyl (C=O) groups excluding carboxylic acids is 2. The topological polar surface area (TPSA) is 64.6 Å². The number of hydrogen-bond acceptors (Lipinski definition) is 4. The van der Waals surface area contributed by atoms with Crippen LogP contribution in [-0.4, -0.2) is 31.1 Å². The number of carbonyl (C=O) groups is 2. The Bertz CT molecular complexity index is 668. The predicted octanol–water partition coefficient (Wildman–Crippen LogP) is 2.80. The zero-order valence-corrected chi connectivity index (χ0v) is 13.8. The Morgan fingerprint density at radius 3 is 2.25 bits per heavy atom. The second kappa shape index (κ2) is 8.72. The lowest BCUT2D eigenvalue weighted by Crippen LogP contribution is -2.36. The van der Waals surface area contributed by atoms with Gasteiger partial charge in [-0.1, -0.05) is 42.5 Å². The van der Waals surface area contributed by atoms with Gasteiger partial charge in [-0.25, -0.2) is 4.79 Å². The van der Waals surface area contributed by atoms with Gasteiger partial charge in [-0.05, 0) is 37.1 Å². The van der Waals surface area contributed by atoms with E-state index in [1.54, 1.807) is 19.1 Å². The van der Waals surface area contributed by atoms with Crippen molar-refractivity contribution in [3.63, 3.8) is 0 Å². The molecule has 24 heavy (non-hydrogen) atoms. The number of nitrogens with one attached hydrogen (secondary N) is 1. The van der Waals surface area contributed by atoms with Crippen molar-refractivity contribution in [3.05, 3.63) is 54.6 Å². The summed E-state index contributed by atoms with van der Waals surface area (Å²) in [5.74, 6) is -0.337. The lowest BCUT2D eigenvalue weighted by atomic mass is 10.1. The van der Waals surface area contributed by atoms with Gasteiger partial charge < -0.3 is 14.8 Å². The number of rotatable bonds is 7. The normalized spacial score (nSPS) is 11.4. The van der Waals surface area contributed by atoms with Crippen molar-refractivity contribution in [3.8, 4) is 16.9 Å². The highest BCUT2D eigenvalue weighted by atomic mass is 16.6. The molecule has 0 unspecified atom stereocenters. The van der Waals surface area contributed by atoms with Gasteiger partial charge in [0.1, 0.15) is 5.75 Å². The fourth-order valence-corrected chi connectivity index (χ4v) is 2.12. The number of benzene rings is 2. The van der Waals surface area contributed by atoms with Crippen LogP contribution in [-0.2, 0) is 14.3 Å². The maximum absolute atomic E-state index is 11.7. The molecule has 0 spiro atoms. The smallest absolute Gasteiger partial charge is 0.344 e. The number of amides is 1. The number of esters is 1. The van der Waals surface area contributed by atoms with Crippen LogP contribution in [0.15, 0.2) is 54.6 Å². The van der Waals surface area contributed by atoms with Gasteiger partial charge in [0.2, 0.25) is 0 Å². The van der Waals surface area contributed by atoms with Crippen molar-refractivity contribution >= 4 is 11.9 Å². The highest BCUT2D eigenvalue weighted by molar-refractivity contribution is 5.83. The summed E-state index contributed by atoms with van der Waals surface area (Å²) in [6, 6.07) is 17.4. The standard InChI is InChI=1S/C19H21NO4/c1-3-20-19(22)14(2)24-18(21)13-23-17-11-9-16(10-12-17)15-7-5-4-6-8-15/h4-12,14H,3,13H2,1-2H3,(H,20,22)/t14-/m0/s1. The van der Waals surface area contributed by atoms with Crippen molar-refractivity contribution in [1.29, 1.82) is 0 Å². The Labute approximate surface area is 141 Å². The van der Waals surface area contributed by atoms with E-state index in [2.05, 4.69) is 5.32 Å². The van der Waals surface area contributed by atoms with E-state index < -0.39 is 12.1 Å². The van der Waals surface area contributed by atoms with Crippen molar-refractivity contribution in [2.75, 3.05) is 13.2 Å². The molecule has 1 N–H and O–H groups in total. The van der Waals surface area contributed by atoms with Crippen molar-refractivity contribution in [2.45, 2.75) is 20.0 Å². The van der Waals surface area contributed by atoms with E-state index in [1.165, 1.54) is 6.92 Å². The van der Waals surface area contributed by atoms with Crippen LogP contribution >= 0.6 is 0 Å². The number of ether oxygens (including phenoxy) is 2. The Hall–Kier alpha value is -2.82. The average molecular weight is 327 g/mol. The minimum atomic E-state index is -0.832. The van der Waals surface area contributed by atoms with E-state index in [0.29, 0.717) is 12.3 Å². The van der Waals surface area contributed by atoms with E-state index >= 15 is 0 Å². The van der Waals surface area contributed by atoms with E-state index in [-0.39, 0.29) is 12.5 Å². The molecular formula is C19H21NO4. The lowest BCUT2D eigenvalue weighted by Gasteiger charge is -2.13. The van der Waals surface area contributed by atoms with Crippen LogP contribution in [0.2, 0.25) is 0 Å². The molecule has 5 heteroatoms. The van der Waals surface area contributed by atoms with Crippen LogP contribution < -0.4 is 10.1 Å². The van der Waals surface area contributed by atoms with Crippen LogP contribution in [0, 0.1) is 0 Å². The lowest BCUT2D eigenvalue weighted by molar-refractivity contribution is -0.156. The summed E-state index contributed by atoms with van der Waals surface area (Å²) in [5, 5.41) is 2.59. The second-order valence-corrected chi connectivity index (χ2v) is 5.21. The molecule has 1 atom stereocenters. The van der Waals surface area contributed by atoms with Crippen molar-refractivity contribution in [1.82, 2.24) is 5.32 Å². The van der Waals surface area contributed by atoms with Gasteiger partial charge in [0.05, 0.1) is 0 Å². The van der Waals surface area contributed by atoms with Gasteiger partial charge in [-0.15, -0.1) is 0 Å². The van der Waals surface area contributed by atoms with Crippen LogP contribution in [0.3, 0.4) is 0 Å². The highest BCUT2D eigenvalue weighted by Gasteiger charge is 2.17. The van der Waals surface area contributed by atoms with Crippen LogP contribution in [0.25, 0.3) is 11.1 Å². The Balaban J connectivity index is 1.84. The summed E-state index contributed by atoms with van der Waals surface area (Å²) < 4.78 is 10.4. The molecule has 2 aromatic rings.